The average Bonchev–Trinajstić information content (AvgIpc) is 3.10. The van der Waals surface area contributed by atoms with Gasteiger partial charge in [0.2, 0.25) is 5.91 Å². The molecule has 2 aliphatic rings. The van der Waals surface area contributed by atoms with Crippen molar-refractivity contribution in [2.75, 3.05) is 11.9 Å². The Hall–Kier alpha value is -1.84. The first kappa shape index (κ1) is 15.1. The zero-order valence-electron chi connectivity index (χ0n) is 13.0. The Bertz CT molecular complexity index is 552. The summed E-state index contributed by atoms with van der Waals surface area (Å²) < 4.78 is 4.94. The number of hydrogen-bond donors (Lipinski definition) is 1. The molecular formula is C18H23NO3. The molecule has 4 nitrogen and oxygen atoms in total. The number of anilines is 1. The van der Waals surface area contributed by atoms with Gasteiger partial charge in [-0.05, 0) is 68.2 Å². The second kappa shape index (κ2) is 6.51. The summed E-state index contributed by atoms with van der Waals surface area (Å²) in [7, 11) is 0. The van der Waals surface area contributed by atoms with Crippen molar-refractivity contribution < 1.29 is 14.3 Å². The monoisotopic (exact) mass is 301 g/mol. The second-order valence-corrected chi connectivity index (χ2v) is 6.49. The molecule has 3 rings (SSSR count). The maximum atomic E-state index is 12.2. The van der Waals surface area contributed by atoms with E-state index in [1.165, 1.54) is 25.7 Å². The average molecular weight is 301 g/mol. The van der Waals surface area contributed by atoms with E-state index in [9.17, 15) is 9.59 Å². The Morgan fingerprint density at radius 2 is 1.95 bits per heavy atom. The van der Waals surface area contributed by atoms with Crippen LogP contribution in [-0.2, 0) is 9.53 Å². The molecule has 0 saturated heterocycles. The van der Waals surface area contributed by atoms with Crippen molar-refractivity contribution in [3.8, 4) is 0 Å². The number of rotatable bonds is 5. The summed E-state index contributed by atoms with van der Waals surface area (Å²) >= 11 is 0. The van der Waals surface area contributed by atoms with Crippen molar-refractivity contribution in [1.82, 2.24) is 0 Å². The predicted molar refractivity (Wildman–Crippen MR) is 84.6 cm³/mol. The van der Waals surface area contributed by atoms with Gasteiger partial charge < -0.3 is 10.1 Å². The molecule has 2 saturated carbocycles. The SMILES string of the molecule is CCOC(=O)c1ccc(NC(=O)CC2CC3CCC2C3)cc1. The highest BCUT2D eigenvalue weighted by molar-refractivity contribution is 5.93. The third kappa shape index (κ3) is 3.32. The lowest BCUT2D eigenvalue weighted by Crippen LogP contribution is -2.20. The fourth-order valence-corrected chi connectivity index (χ4v) is 3.98. The highest BCUT2D eigenvalue weighted by Crippen LogP contribution is 2.49. The Labute approximate surface area is 131 Å². The third-order valence-corrected chi connectivity index (χ3v) is 5.01. The van der Waals surface area contributed by atoms with Gasteiger partial charge in [-0.25, -0.2) is 4.79 Å². The van der Waals surface area contributed by atoms with E-state index in [1.807, 2.05) is 0 Å². The molecule has 3 atom stereocenters. The molecule has 22 heavy (non-hydrogen) atoms. The van der Waals surface area contributed by atoms with Crippen LogP contribution in [0.25, 0.3) is 0 Å². The van der Waals surface area contributed by atoms with Crippen molar-refractivity contribution in [3.05, 3.63) is 29.8 Å². The van der Waals surface area contributed by atoms with E-state index in [0.29, 0.717) is 24.5 Å². The Kier molecular flexibility index (Phi) is 4.46. The number of nitrogens with one attached hydrogen (secondary N) is 1. The van der Waals surface area contributed by atoms with Gasteiger partial charge in [0, 0.05) is 12.1 Å². The highest BCUT2D eigenvalue weighted by Gasteiger charge is 2.40. The van der Waals surface area contributed by atoms with Crippen LogP contribution in [0.15, 0.2) is 24.3 Å². The van der Waals surface area contributed by atoms with E-state index < -0.39 is 0 Å². The van der Waals surface area contributed by atoms with Gasteiger partial charge in [-0.1, -0.05) is 6.42 Å². The number of hydrogen-bond acceptors (Lipinski definition) is 3. The number of esters is 1. The summed E-state index contributed by atoms with van der Waals surface area (Å²) in [6, 6.07) is 6.88. The second-order valence-electron chi connectivity index (χ2n) is 6.49. The van der Waals surface area contributed by atoms with E-state index in [0.717, 1.165) is 17.5 Å². The molecule has 1 N–H and O–H groups in total. The fraction of sp³-hybridized carbons (Fsp3) is 0.556. The maximum absolute atomic E-state index is 12.2. The van der Waals surface area contributed by atoms with Crippen molar-refractivity contribution in [2.45, 2.75) is 39.0 Å². The van der Waals surface area contributed by atoms with Crippen LogP contribution < -0.4 is 5.32 Å². The molecular weight excluding hydrogens is 278 g/mol. The number of carbonyl (C=O) groups excluding carboxylic acids is 2. The molecule has 2 fully saturated rings. The maximum Gasteiger partial charge on any atom is 0.338 e. The number of benzene rings is 1. The Balaban J connectivity index is 1.52. The van der Waals surface area contributed by atoms with Crippen LogP contribution in [0.2, 0.25) is 0 Å². The molecule has 0 heterocycles. The summed E-state index contributed by atoms with van der Waals surface area (Å²) in [6.45, 7) is 2.14. The minimum atomic E-state index is -0.331. The first-order valence-electron chi connectivity index (χ1n) is 8.22. The topological polar surface area (TPSA) is 55.4 Å². The predicted octanol–water partition coefficient (Wildman–Crippen LogP) is 3.63. The molecule has 0 spiro atoms. The molecule has 0 aromatic heterocycles. The van der Waals surface area contributed by atoms with Crippen LogP contribution in [0.5, 0.6) is 0 Å². The molecule has 4 heteroatoms. The van der Waals surface area contributed by atoms with E-state index in [-0.39, 0.29) is 11.9 Å². The fourth-order valence-electron chi connectivity index (χ4n) is 3.98. The lowest BCUT2D eigenvalue weighted by molar-refractivity contribution is -0.117. The molecule has 1 aromatic rings. The standard InChI is InChI=1S/C18H23NO3/c1-2-22-18(21)13-5-7-16(8-6-13)19-17(20)11-15-10-12-3-4-14(15)9-12/h5-8,12,14-15H,2-4,9-11H2,1H3,(H,19,20). The van der Waals surface area contributed by atoms with Gasteiger partial charge >= 0.3 is 5.97 Å². The first-order chi connectivity index (χ1) is 10.7. The van der Waals surface area contributed by atoms with E-state index in [4.69, 9.17) is 4.74 Å². The first-order valence-corrected chi connectivity index (χ1v) is 8.22. The lowest BCUT2D eigenvalue weighted by Gasteiger charge is -2.20. The van der Waals surface area contributed by atoms with Crippen LogP contribution in [0, 0.1) is 17.8 Å². The van der Waals surface area contributed by atoms with Gasteiger partial charge in [0.1, 0.15) is 0 Å². The number of carbonyl (C=O) groups is 2. The Morgan fingerprint density at radius 1 is 1.18 bits per heavy atom. The molecule has 0 radical (unpaired) electrons. The molecule has 2 bridgehead atoms. The van der Waals surface area contributed by atoms with Crippen molar-refractivity contribution >= 4 is 17.6 Å². The van der Waals surface area contributed by atoms with Gasteiger partial charge in [-0.15, -0.1) is 0 Å². The van der Waals surface area contributed by atoms with E-state index in [2.05, 4.69) is 5.32 Å². The summed E-state index contributed by atoms with van der Waals surface area (Å²) in [6.07, 6.45) is 5.84. The van der Waals surface area contributed by atoms with Crippen molar-refractivity contribution in [1.29, 1.82) is 0 Å². The van der Waals surface area contributed by atoms with Gasteiger partial charge in [-0.2, -0.15) is 0 Å². The van der Waals surface area contributed by atoms with E-state index in [1.54, 1.807) is 31.2 Å². The Morgan fingerprint density at radius 3 is 2.55 bits per heavy atom. The van der Waals surface area contributed by atoms with Gasteiger partial charge in [-0.3, -0.25) is 4.79 Å². The summed E-state index contributed by atoms with van der Waals surface area (Å²) in [5.41, 5.74) is 1.24. The van der Waals surface area contributed by atoms with Crippen LogP contribution in [0.3, 0.4) is 0 Å². The molecule has 1 amide bonds. The summed E-state index contributed by atoms with van der Waals surface area (Å²) in [5.74, 6) is 1.95. The van der Waals surface area contributed by atoms with Crippen molar-refractivity contribution in [2.24, 2.45) is 17.8 Å². The normalized spacial score (nSPS) is 26.0. The van der Waals surface area contributed by atoms with Gasteiger partial charge in [0.15, 0.2) is 0 Å². The third-order valence-electron chi connectivity index (χ3n) is 5.01. The van der Waals surface area contributed by atoms with Crippen LogP contribution in [-0.4, -0.2) is 18.5 Å². The quantitative estimate of drug-likeness (QED) is 0.845. The molecule has 3 unspecified atom stereocenters. The van der Waals surface area contributed by atoms with Crippen LogP contribution >= 0.6 is 0 Å². The largest absolute Gasteiger partial charge is 0.462 e. The van der Waals surface area contributed by atoms with Gasteiger partial charge in [0.25, 0.3) is 0 Å². The minimum Gasteiger partial charge on any atom is -0.462 e. The van der Waals surface area contributed by atoms with Crippen molar-refractivity contribution in [3.63, 3.8) is 0 Å². The number of amides is 1. The molecule has 1 aromatic carbocycles. The van der Waals surface area contributed by atoms with Crippen LogP contribution in [0.1, 0.15) is 49.4 Å². The number of ether oxygens (including phenoxy) is 1. The zero-order chi connectivity index (χ0) is 15.5. The highest BCUT2D eigenvalue weighted by atomic mass is 16.5. The minimum absolute atomic E-state index is 0.0847. The summed E-state index contributed by atoms with van der Waals surface area (Å²) in [4.78, 5) is 23.7. The van der Waals surface area contributed by atoms with E-state index >= 15 is 0 Å². The smallest absolute Gasteiger partial charge is 0.338 e. The zero-order valence-corrected chi connectivity index (χ0v) is 13.0. The number of fused-ring (bicyclic) bond motifs is 2. The summed E-state index contributed by atoms with van der Waals surface area (Å²) in [5, 5.41) is 2.94. The van der Waals surface area contributed by atoms with Crippen LogP contribution in [0.4, 0.5) is 5.69 Å². The molecule has 0 aliphatic heterocycles. The molecule has 118 valence electrons. The lowest BCUT2D eigenvalue weighted by atomic mass is 9.86. The molecule has 2 aliphatic carbocycles. The van der Waals surface area contributed by atoms with Gasteiger partial charge in [0.05, 0.1) is 12.2 Å².